The lowest BCUT2D eigenvalue weighted by Crippen LogP contribution is -2.51. The lowest BCUT2D eigenvalue weighted by molar-refractivity contribution is -0.123. The van der Waals surface area contributed by atoms with Crippen molar-refractivity contribution in [3.8, 4) is 5.75 Å². The largest absolute Gasteiger partial charge is 0.434 e. The van der Waals surface area contributed by atoms with Crippen molar-refractivity contribution in [1.29, 1.82) is 0 Å². The van der Waals surface area contributed by atoms with E-state index in [2.05, 4.69) is 10.1 Å². The number of hydrogen-bond acceptors (Lipinski definition) is 4. The average Bonchev–Trinajstić information content (AvgIpc) is 2.61. The Morgan fingerprint density at radius 1 is 1.19 bits per heavy atom. The van der Waals surface area contributed by atoms with Gasteiger partial charge in [0.25, 0.3) is 5.91 Å². The van der Waals surface area contributed by atoms with Crippen LogP contribution in [0.3, 0.4) is 0 Å². The van der Waals surface area contributed by atoms with Crippen LogP contribution in [0, 0.1) is 0 Å². The maximum Gasteiger partial charge on any atom is 0.387 e. The number of amides is 2. The molecule has 0 radical (unpaired) electrons. The van der Waals surface area contributed by atoms with E-state index in [9.17, 15) is 18.4 Å². The van der Waals surface area contributed by atoms with Crippen LogP contribution < -0.4 is 10.1 Å². The van der Waals surface area contributed by atoms with Crippen molar-refractivity contribution in [3.05, 3.63) is 29.8 Å². The summed E-state index contributed by atoms with van der Waals surface area (Å²) in [6.45, 7) is 3.23. The van der Waals surface area contributed by atoms with Crippen molar-refractivity contribution in [1.82, 2.24) is 15.1 Å². The van der Waals surface area contributed by atoms with Gasteiger partial charge in [0.05, 0.1) is 12.1 Å². The highest BCUT2D eigenvalue weighted by atomic mass is 19.3. The van der Waals surface area contributed by atoms with Crippen LogP contribution in [0.5, 0.6) is 5.75 Å². The van der Waals surface area contributed by atoms with Crippen LogP contribution in [0.25, 0.3) is 0 Å². The van der Waals surface area contributed by atoms with Crippen LogP contribution in [0.15, 0.2) is 24.3 Å². The highest BCUT2D eigenvalue weighted by Gasteiger charge is 2.25. The van der Waals surface area contributed by atoms with Gasteiger partial charge in [-0.1, -0.05) is 19.1 Å². The van der Waals surface area contributed by atoms with Crippen molar-refractivity contribution in [2.75, 3.05) is 32.7 Å². The molecule has 1 N–H and O–H groups in total. The summed E-state index contributed by atoms with van der Waals surface area (Å²) >= 11 is 0. The molecular formula is C18H25F2N3O3. The van der Waals surface area contributed by atoms with E-state index in [1.807, 2.05) is 18.7 Å². The van der Waals surface area contributed by atoms with Crippen LogP contribution >= 0.6 is 0 Å². The molecule has 8 heteroatoms. The minimum absolute atomic E-state index is 0.0326. The first-order valence-electron chi connectivity index (χ1n) is 8.75. The number of carbonyl (C=O) groups is 2. The Balaban J connectivity index is 1.90. The molecule has 1 aliphatic rings. The molecule has 1 aromatic rings. The molecule has 0 aromatic heterocycles. The third kappa shape index (κ3) is 5.66. The highest BCUT2D eigenvalue weighted by molar-refractivity contribution is 5.97. The number of hydrogen-bond donors (Lipinski definition) is 1. The minimum atomic E-state index is -2.98. The second-order valence-electron chi connectivity index (χ2n) is 6.32. The van der Waals surface area contributed by atoms with Crippen molar-refractivity contribution < 1.29 is 23.1 Å². The number of benzene rings is 1. The van der Waals surface area contributed by atoms with E-state index >= 15 is 0 Å². The quantitative estimate of drug-likeness (QED) is 0.798. The molecule has 2 amide bonds. The van der Waals surface area contributed by atoms with Gasteiger partial charge >= 0.3 is 6.61 Å². The Morgan fingerprint density at radius 2 is 1.85 bits per heavy atom. The van der Waals surface area contributed by atoms with E-state index in [4.69, 9.17) is 0 Å². The smallest absolute Gasteiger partial charge is 0.387 e. The van der Waals surface area contributed by atoms with Gasteiger partial charge in [0, 0.05) is 32.2 Å². The summed E-state index contributed by atoms with van der Waals surface area (Å²) in [5.41, 5.74) is 0.121. The van der Waals surface area contributed by atoms with E-state index < -0.39 is 6.61 Å². The normalized spacial score (nSPS) is 16.4. The number of piperazine rings is 1. The van der Waals surface area contributed by atoms with E-state index in [0.29, 0.717) is 26.2 Å². The summed E-state index contributed by atoms with van der Waals surface area (Å²) in [6, 6.07) is 6.13. The molecule has 0 spiro atoms. The van der Waals surface area contributed by atoms with Gasteiger partial charge in [-0.3, -0.25) is 14.5 Å². The molecule has 1 atom stereocenters. The van der Waals surface area contributed by atoms with E-state index in [1.54, 1.807) is 17.0 Å². The molecule has 1 aromatic carbocycles. The molecule has 0 aliphatic carbocycles. The van der Waals surface area contributed by atoms with E-state index in [1.165, 1.54) is 12.1 Å². The van der Waals surface area contributed by atoms with Crippen molar-refractivity contribution in [3.63, 3.8) is 0 Å². The fraction of sp³-hybridized carbons (Fsp3) is 0.556. The molecule has 6 nitrogen and oxygen atoms in total. The molecule has 2 rings (SSSR count). The average molecular weight is 369 g/mol. The molecule has 1 fully saturated rings. The van der Waals surface area contributed by atoms with Gasteiger partial charge in [-0.15, -0.1) is 0 Å². The Kier molecular flexibility index (Phi) is 7.32. The van der Waals surface area contributed by atoms with E-state index in [0.717, 1.165) is 6.42 Å². The Morgan fingerprint density at radius 3 is 2.46 bits per heavy atom. The number of para-hydroxylation sites is 1. The molecule has 1 aliphatic heterocycles. The summed E-state index contributed by atoms with van der Waals surface area (Å²) in [7, 11) is 0. The molecule has 1 saturated heterocycles. The number of rotatable bonds is 7. The summed E-state index contributed by atoms with van der Waals surface area (Å²) in [4.78, 5) is 28.1. The van der Waals surface area contributed by atoms with Gasteiger partial charge in [-0.25, -0.2) is 0 Å². The number of nitrogens with zero attached hydrogens (tertiary/aromatic N) is 2. The molecule has 0 bridgehead atoms. The molecular weight excluding hydrogens is 344 g/mol. The van der Waals surface area contributed by atoms with Crippen molar-refractivity contribution in [2.45, 2.75) is 32.9 Å². The number of halogens is 2. The van der Waals surface area contributed by atoms with Gasteiger partial charge < -0.3 is 15.0 Å². The number of alkyl halides is 2. The van der Waals surface area contributed by atoms with Crippen molar-refractivity contribution in [2.24, 2.45) is 0 Å². The zero-order valence-electron chi connectivity index (χ0n) is 15.1. The lowest BCUT2D eigenvalue weighted by Gasteiger charge is -2.34. The fourth-order valence-corrected chi connectivity index (χ4v) is 2.75. The topological polar surface area (TPSA) is 61.9 Å². The second-order valence-corrected chi connectivity index (χ2v) is 6.32. The molecule has 144 valence electrons. The minimum Gasteiger partial charge on any atom is -0.434 e. The van der Waals surface area contributed by atoms with Crippen LogP contribution in [-0.2, 0) is 4.79 Å². The van der Waals surface area contributed by atoms with Gasteiger partial charge in [0.15, 0.2) is 0 Å². The Hall–Kier alpha value is -2.22. The second kappa shape index (κ2) is 9.47. The fourth-order valence-electron chi connectivity index (χ4n) is 2.75. The van der Waals surface area contributed by atoms with Gasteiger partial charge in [0.2, 0.25) is 5.91 Å². The van der Waals surface area contributed by atoms with Gasteiger partial charge in [0.1, 0.15) is 5.75 Å². The third-order valence-electron chi connectivity index (χ3n) is 4.38. The third-order valence-corrected chi connectivity index (χ3v) is 4.38. The van der Waals surface area contributed by atoms with Crippen molar-refractivity contribution >= 4 is 11.8 Å². The van der Waals surface area contributed by atoms with Crippen LogP contribution in [-0.4, -0.2) is 67.0 Å². The first-order chi connectivity index (χ1) is 12.4. The molecule has 1 unspecified atom stereocenters. The number of ether oxygens (including phenoxy) is 1. The van der Waals surface area contributed by atoms with Crippen LogP contribution in [0.1, 0.15) is 30.6 Å². The first kappa shape index (κ1) is 20.1. The maximum absolute atomic E-state index is 12.6. The predicted octanol–water partition coefficient (Wildman–Crippen LogP) is 1.96. The highest BCUT2D eigenvalue weighted by Crippen LogP contribution is 2.22. The zero-order valence-corrected chi connectivity index (χ0v) is 15.1. The van der Waals surface area contributed by atoms with Crippen LogP contribution in [0.2, 0.25) is 0 Å². The standard InChI is InChI=1S/C18H25F2N3O3/c1-3-13(2)21-16(24)12-22-8-10-23(11-9-22)17(25)14-6-4-5-7-15(14)26-18(19)20/h4-7,13,18H,3,8-12H2,1-2H3,(H,21,24). The summed E-state index contributed by atoms with van der Waals surface area (Å²) in [5.74, 6) is -0.498. The summed E-state index contributed by atoms with van der Waals surface area (Å²) < 4.78 is 29.4. The first-order valence-corrected chi connectivity index (χ1v) is 8.75. The SMILES string of the molecule is CCC(C)NC(=O)CN1CCN(C(=O)c2ccccc2OC(F)F)CC1. The number of nitrogens with one attached hydrogen (secondary N) is 1. The lowest BCUT2D eigenvalue weighted by atomic mass is 10.1. The van der Waals surface area contributed by atoms with Gasteiger partial charge in [-0.05, 0) is 25.5 Å². The Bertz CT molecular complexity index is 619. The Labute approximate surface area is 152 Å². The summed E-state index contributed by atoms with van der Waals surface area (Å²) in [5, 5.41) is 2.91. The maximum atomic E-state index is 12.6. The number of carbonyl (C=O) groups excluding carboxylic acids is 2. The molecule has 1 heterocycles. The molecule has 0 saturated carbocycles. The molecule has 26 heavy (non-hydrogen) atoms. The van der Waals surface area contributed by atoms with Gasteiger partial charge in [-0.2, -0.15) is 8.78 Å². The summed E-state index contributed by atoms with van der Waals surface area (Å²) in [6.07, 6.45) is 0.869. The monoisotopic (exact) mass is 369 g/mol. The van der Waals surface area contributed by atoms with Crippen LogP contribution in [0.4, 0.5) is 8.78 Å². The van der Waals surface area contributed by atoms with E-state index in [-0.39, 0.29) is 35.7 Å². The zero-order chi connectivity index (χ0) is 19.1. The predicted molar refractivity (Wildman–Crippen MR) is 93.3 cm³/mol.